The molecule has 0 rings (SSSR count). The Hall–Kier alpha value is 0.491. The van der Waals surface area contributed by atoms with E-state index in [0.717, 1.165) is 0 Å². The summed E-state index contributed by atoms with van der Waals surface area (Å²) in [5.41, 5.74) is 0. The fourth-order valence-electron chi connectivity index (χ4n) is 4.05. The molecule has 176 valence electrons. The molecule has 0 saturated heterocycles. The zero-order valence-corrected chi connectivity index (χ0v) is 24.7. The molecule has 0 spiro atoms. The first kappa shape index (κ1) is 29.5. The van der Waals surface area contributed by atoms with Crippen LogP contribution in [0, 0.1) is 0 Å². The maximum absolute atomic E-state index is 6.97. The third-order valence-corrected chi connectivity index (χ3v) is 17.5. The van der Waals surface area contributed by atoms with Crippen molar-refractivity contribution in [1.82, 2.24) is 9.13 Å². The third-order valence-electron chi connectivity index (χ3n) is 5.64. The van der Waals surface area contributed by atoms with Crippen LogP contribution >= 0.6 is 0 Å². The van der Waals surface area contributed by atoms with Crippen LogP contribution in [0.5, 0.6) is 0 Å². The van der Waals surface area contributed by atoms with E-state index < -0.39 is 25.5 Å². The number of hydrogen-bond acceptors (Lipinski definition) is 4. The summed E-state index contributed by atoms with van der Waals surface area (Å²) in [6.45, 7) is 27.9. The van der Waals surface area contributed by atoms with Crippen molar-refractivity contribution in [3.05, 3.63) is 0 Å². The van der Waals surface area contributed by atoms with Crippen molar-refractivity contribution < 1.29 is 8.23 Å². The largest absolute Gasteiger partial charge is 0.424 e. The van der Waals surface area contributed by atoms with Crippen LogP contribution in [-0.2, 0) is 8.23 Å². The summed E-state index contributed by atoms with van der Waals surface area (Å²) in [5, 5.41) is 0. The molecule has 0 aliphatic rings. The summed E-state index contributed by atoms with van der Waals surface area (Å²) in [5.74, 6) is 0. The summed E-state index contributed by atoms with van der Waals surface area (Å²) in [6, 6.07) is 0. The van der Waals surface area contributed by atoms with Crippen molar-refractivity contribution >= 4 is 25.5 Å². The van der Waals surface area contributed by atoms with Crippen LogP contribution in [-0.4, -0.2) is 60.8 Å². The minimum Gasteiger partial charge on any atom is -0.424 e. The molecule has 0 amide bonds. The molecular formula is C22H54N2O2Si3. The Morgan fingerprint density at radius 3 is 0.931 bits per heavy atom. The van der Waals surface area contributed by atoms with Gasteiger partial charge in [-0.2, -0.15) is 0 Å². The van der Waals surface area contributed by atoms with Crippen LogP contribution in [0.1, 0.15) is 79.1 Å². The molecule has 0 heterocycles. The van der Waals surface area contributed by atoms with Gasteiger partial charge in [0.15, 0.2) is 0 Å². The molecule has 7 heteroatoms. The van der Waals surface area contributed by atoms with Crippen LogP contribution < -0.4 is 0 Å². The van der Waals surface area contributed by atoms with E-state index in [-0.39, 0.29) is 0 Å². The van der Waals surface area contributed by atoms with E-state index in [1.54, 1.807) is 0 Å². The average Bonchev–Trinajstić information content (AvgIpc) is 2.59. The van der Waals surface area contributed by atoms with Gasteiger partial charge in [-0.25, -0.2) is 0 Å². The SMILES string of the molecule is CCCCN(CCCC)[Si](C)(C)O[Si](C)(C)O[Si](C)(C)N(CCCC)CCCC. The Bertz CT molecular complexity index is 369. The first-order valence-electron chi connectivity index (χ1n) is 12.4. The summed E-state index contributed by atoms with van der Waals surface area (Å²) in [7, 11) is -6.12. The van der Waals surface area contributed by atoms with Crippen LogP contribution in [0.2, 0.25) is 39.3 Å². The lowest BCUT2D eigenvalue weighted by Crippen LogP contribution is -2.63. The smallest absolute Gasteiger partial charge is 0.312 e. The zero-order chi connectivity index (χ0) is 22.6. The minimum absolute atomic E-state index is 1.17. The van der Waals surface area contributed by atoms with Gasteiger partial charge in [0.2, 0.25) is 0 Å². The topological polar surface area (TPSA) is 24.9 Å². The average molecular weight is 463 g/mol. The Morgan fingerprint density at radius 1 is 0.483 bits per heavy atom. The van der Waals surface area contributed by atoms with E-state index in [0.29, 0.717) is 0 Å². The van der Waals surface area contributed by atoms with Gasteiger partial charge < -0.3 is 17.4 Å². The second-order valence-electron chi connectivity index (χ2n) is 9.89. The quantitative estimate of drug-likeness (QED) is 0.206. The summed E-state index contributed by atoms with van der Waals surface area (Å²) >= 11 is 0. The molecule has 0 fully saturated rings. The molecule has 0 aliphatic heterocycles. The van der Waals surface area contributed by atoms with Gasteiger partial charge in [-0.1, -0.05) is 53.4 Å². The lowest BCUT2D eigenvalue weighted by atomic mass is 10.3. The van der Waals surface area contributed by atoms with Crippen molar-refractivity contribution in [3.63, 3.8) is 0 Å². The summed E-state index contributed by atoms with van der Waals surface area (Å²) in [6.07, 6.45) is 10.0. The number of nitrogens with zero attached hydrogens (tertiary/aromatic N) is 2. The minimum atomic E-state index is -2.22. The van der Waals surface area contributed by atoms with Gasteiger partial charge in [0.1, 0.15) is 0 Å². The van der Waals surface area contributed by atoms with Crippen LogP contribution in [0.3, 0.4) is 0 Å². The highest BCUT2D eigenvalue weighted by Gasteiger charge is 2.44. The van der Waals surface area contributed by atoms with Gasteiger partial charge in [-0.15, -0.1) is 0 Å². The maximum atomic E-state index is 6.97. The third kappa shape index (κ3) is 12.2. The summed E-state index contributed by atoms with van der Waals surface area (Å²) in [4.78, 5) is 0. The van der Waals surface area contributed by atoms with Crippen molar-refractivity contribution in [1.29, 1.82) is 0 Å². The van der Waals surface area contributed by atoms with Gasteiger partial charge in [-0.05, 0) is 91.1 Å². The Kier molecular flexibility index (Phi) is 14.8. The van der Waals surface area contributed by atoms with Crippen molar-refractivity contribution in [3.8, 4) is 0 Å². The first-order valence-corrected chi connectivity index (χ1v) is 20.9. The number of rotatable bonds is 18. The Labute approximate surface area is 187 Å². The molecular weight excluding hydrogens is 409 g/mol. The fourth-order valence-corrected chi connectivity index (χ4v) is 18.0. The molecule has 0 aromatic rings. The normalized spacial score (nSPS) is 13.7. The highest BCUT2D eigenvalue weighted by molar-refractivity contribution is 6.86. The molecule has 0 aromatic carbocycles. The molecule has 0 saturated carbocycles. The maximum Gasteiger partial charge on any atom is 0.312 e. The standard InChI is InChI=1S/C22H54N2O2Si3/c1-11-15-19-23(20-16-12-2)27(5,6)25-29(9,10)26-28(7,8)24(21-17-13-3)22-18-14-4/h11-22H2,1-10H3. The molecule has 0 bridgehead atoms. The predicted octanol–water partition coefficient (Wildman–Crippen LogP) is 6.93. The van der Waals surface area contributed by atoms with Gasteiger partial charge >= 0.3 is 8.56 Å². The van der Waals surface area contributed by atoms with Crippen LogP contribution in [0.25, 0.3) is 0 Å². The monoisotopic (exact) mass is 462 g/mol. The lowest BCUT2D eigenvalue weighted by molar-refractivity contribution is 0.278. The van der Waals surface area contributed by atoms with Crippen molar-refractivity contribution in [2.75, 3.05) is 26.2 Å². The molecule has 0 N–H and O–H groups in total. The molecule has 4 nitrogen and oxygen atoms in total. The first-order chi connectivity index (χ1) is 13.5. The second-order valence-corrected chi connectivity index (χ2v) is 21.4. The van der Waals surface area contributed by atoms with Crippen LogP contribution in [0.4, 0.5) is 0 Å². The van der Waals surface area contributed by atoms with E-state index in [2.05, 4.69) is 76.1 Å². The van der Waals surface area contributed by atoms with E-state index in [4.69, 9.17) is 8.23 Å². The van der Waals surface area contributed by atoms with E-state index in [1.165, 1.54) is 77.5 Å². The summed E-state index contributed by atoms with van der Waals surface area (Å²) < 4.78 is 19.3. The zero-order valence-electron chi connectivity index (χ0n) is 21.7. The lowest BCUT2D eigenvalue weighted by Gasteiger charge is -2.46. The fraction of sp³-hybridized carbons (Fsp3) is 1.00. The predicted molar refractivity (Wildman–Crippen MR) is 137 cm³/mol. The highest BCUT2D eigenvalue weighted by Crippen LogP contribution is 2.25. The van der Waals surface area contributed by atoms with Crippen LogP contribution in [0.15, 0.2) is 0 Å². The van der Waals surface area contributed by atoms with Gasteiger partial charge in [0, 0.05) is 0 Å². The molecule has 0 atom stereocenters. The highest BCUT2D eigenvalue weighted by atomic mass is 28.5. The van der Waals surface area contributed by atoms with Crippen molar-refractivity contribution in [2.45, 2.75) is 118 Å². The Morgan fingerprint density at radius 2 is 0.724 bits per heavy atom. The van der Waals surface area contributed by atoms with E-state index in [1.807, 2.05) is 0 Å². The number of hydrogen-bond donors (Lipinski definition) is 0. The van der Waals surface area contributed by atoms with Gasteiger partial charge in [0.25, 0.3) is 17.0 Å². The van der Waals surface area contributed by atoms with E-state index >= 15 is 0 Å². The van der Waals surface area contributed by atoms with E-state index in [9.17, 15) is 0 Å². The molecule has 29 heavy (non-hydrogen) atoms. The second kappa shape index (κ2) is 14.5. The van der Waals surface area contributed by atoms with Gasteiger partial charge in [0.05, 0.1) is 0 Å². The molecule has 0 radical (unpaired) electrons. The Balaban J connectivity index is 5.24. The molecule has 0 aliphatic carbocycles. The molecule has 0 aromatic heterocycles. The molecule has 0 unspecified atom stereocenters. The number of unbranched alkanes of at least 4 members (excludes halogenated alkanes) is 4. The van der Waals surface area contributed by atoms with Gasteiger partial charge in [-0.3, -0.25) is 0 Å². The van der Waals surface area contributed by atoms with Crippen molar-refractivity contribution in [2.24, 2.45) is 0 Å².